The van der Waals surface area contributed by atoms with Crippen LogP contribution in [0.4, 0.5) is 5.69 Å². The molecule has 2 amide bonds. The third-order valence-electron chi connectivity index (χ3n) is 5.97. The van der Waals surface area contributed by atoms with Crippen LogP contribution in [0.1, 0.15) is 44.6 Å². The second kappa shape index (κ2) is 6.20. The summed E-state index contributed by atoms with van der Waals surface area (Å²) in [6, 6.07) is -0.364. The largest absolute Gasteiger partial charge is 0.369 e. The van der Waals surface area contributed by atoms with Crippen LogP contribution in [0.25, 0.3) is 0 Å². The summed E-state index contributed by atoms with van der Waals surface area (Å²) >= 11 is 0. The molecule has 0 saturated carbocycles. The zero-order chi connectivity index (χ0) is 16.6. The monoisotopic (exact) mass is 331 g/mol. The average molecular weight is 331 g/mol. The van der Waals surface area contributed by atoms with Crippen molar-refractivity contribution in [1.82, 2.24) is 20.4 Å². The van der Waals surface area contributed by atoms with E-state index in [2.05, 4.69) is 20.6 Å². The van der Waals surface area contributed by atoms with E-state index >= 15 is 0 Å². The molecule has 3 aliphatic heterocycles. The predicted molar refractivity (Wildman–Crippen MR) is 89.6 cm³/mol. The molecule has 7 nitrogen and oxygen atoms in total. The molecule has 24 heavy (non-hydrogen) atoms. The lowest BCUT2D eigenvalue weighted by Gasteiger charge is -2.44. The van der Waals surface area contributed by atoms with Crippen LogP contribution in [0.5, 0.6) is 0 Å². The summed E-state index contributed by atoms with van der Waals surface area (Å²) in [7, 11) is 0. The molecule has 0 aliphatic carbocycles. The molecular weight excluding hydrogens is 306 g/mol. The number of hydrogen-bond donors (Lipinski definition) is 2. The van der Waals surface area contributed by atoms with Crippen molar-refractivity contribution >= 4 is 17.5 Å². The number of piperidine rings is 3. The fourth-order valence-corrected chi connectivity index (χ4v) is 4.29. The maximum atomic E-state index is 12.0. The van der Waals surface area contributed by atoms with Gasteiger partial charge in [-0.25, -0.2) is 0 Å². The highest BCUT2D eigenvalue weighted by Gasteiger charge is 2.36. The van der Waals surface area contributed by atoms with Gasteiger partial charge >= 0.3 is 0 Å². The Labute approximate surface area is 141 Å². The van der Waals surface area contributed by atoms with E-state index in [-0.39, 0.29) is 17.9 Å². The first-order valence-corrected chi connectivity index (χ1v) is 8.99. The van der Waals surface area contributed by atoms with Crippen molar-refractivity contribution in [3.8, 4) is 0 Å². The molecule has 7 heteroatoms. The molecule has 3 aliphatic rings. The van der Waals surface area contributed by atoms with E-state index in [9.17, 15) is 9.59 Å². The lowest BCUT2D eigenvalue weighted by atomic mass is 9.71. The van der Waals surface area contributed by atoms with E-state index in [4.69, 9.17) is 0 Å². The number of nitrogens with one attached hydrogen (secondary N) is 2. The minimum atomic E-state index is -0.364. The van der Waals surface area contributed by atoms with Gasteiger partial charge in [0.1, 0.15) is 6.04 Å². The number of hydrogen-bond acceptors (Lipinski definition) is 5. The Bertz CT molecular complexity index is 625. The Morgan fingerprint density at radius 2 is 1.88 bits per heavy atom. The van der Waals surface area contributed by atoms with Crippen molar-refractivity contribution in [3.63, 3.8) is 0 Å². The lowest BCUT2D eigenvalue weighted by molar-refractivity contribution is -0.135. The number of amides is 2. The SMILES string of the molecule is O=C1CCC(n2cc(N3CCC4(CCNCC4)CC3)cn2)C(=O)N1. The van der Waals surface area contributed by atoms with Crippen molar-refractivity contribution in [2.45, 2.75) is 44.6 Å². The smallest absolute Gasteiger partial charge is 0.251 e. The van der Waals surface area contributed by atoms with Gasteiger partial charge in [-0.1, -0.05) is 0 Å². The minimum Gasteiger partial charge on any atom is -0.369 e. The summed E-state index contributed by atoms with van der Waals surface area (Å²) in [5.41, 5.74) is 1.62. The van der Waals surface area contributed by atoms with Crippen molar-refractivity contribution in [1.29, 1.82) is 0 Å². The van der Waals surface area contributed by atoms with Crippen molar-refractivity contribution in [2.24, 2.45) is 5.41 Å². The van der Waals surface area contributed by atoms with E-state index in [1.807, 2.05) is 12.4 Å². The Morgan fingerprint density at radius 3 is 2.58 bits per heavy atom. The molecule has 0 bridgehead atoms. The summed E-state index contributed by atoms with van der Waals surface area (Å²) in [5, 5.41) is 10.2. The Balaban J connectivity index is 1.40. The molecule has 0 aromatic carbocycles. The van der Waals surface area contributed by atoms with Crippen LogP contribution in [0.15, 0.2) is 12.4 Å². The van der Waals surface area contributed by atoms with Crippen LogP contribution in [0.2, 0.25) is 0 Å². The molecule has 1 unspecified atom stereocenters. The standard InChI is InChI=1S/C17H25N5O2/c23-15-2-1-14(16(24)20-15)22-12-13(11-19-22)21-9-5-17(6-10-21)3-7-18-8-4-17/h11-12,14,18H,1-10H2,(H,20,23,24). The van der Waals surface area contributed by atoms with Crippen molar-refractivity contribution in [2.75, 3.05) is 31.1 Å². The van der Waals surface area contributed by atoms with Crippen molar-refractivity contribution < 1.29 is 9.59 Å². The van der Waals surface area contributed by atoms with Crippen LogP contribution < -0.4 is 15.5 Å². The van der Waals surface area contributed by atoms with Gasteiger partial charge < -0.3 is 10.2 Å². The Morgan fingerprint density at radius 1 is 1.12 bits per heavy atom. The number of carbonyl (C=O) groups excluding carboxylic acids is 2. The second-order valence-electron chi connectivity index (χ2n) is 7.38. The van der Waals surface area contributed by atoms with Gasteiger partial charge in [0.15, 0.2) is 0 Å². The summed E-state index contributed by atoms with van der Waals surface area (Å²) < 4.78 is 1.71. The van der Waals surface area contributed by atoms with Crippen LogP contribution in [-0.4, -0.2) is 47.8 Å². The van der Waals surface area contributed by atoms with Crippen molar-refractivity contribution in [3.05, 3.63) is 12.4 Å². The molecule has 4 rings (SSSR count). The lowest BCUT2D eigenvalue weighted by Crippen LogP contribution is -2.45. The Kier molecular flexibility index (Phi) is 4.04. The number of rotatable bonds is 2. The maximum absolute atomic E-state index is 12.0. The summed E-state index contributed by atoms with van der Waals surface area (Å²) in [5.74, 6) is -0.430. The van der Waals surface area contributed by atoms with Crippen LogP contribution in [0, 0.1) is 5.41 Å². The van der Waals surface area contributed by atoms with Gasteiger partial charge in [0.05, 0.1) is 11.9 Å². The highest BCUT2D eigenvalue weighted by Crippen LogP contribution is 2.40. The predicted octanol–water partition coefficient (Wildman–Crippen LogP) is 0.831. The zero-order valence-corrected chi connectivity index (χ0v) is 14.0. The molecule has 2 N–H and O–H groups in total. The fraction of sp³-hybridized carbons (Fsp3) is 0.706. The van der Waals surface area contributed by atoms with Gasteiger partial charge in [0.2, 0.25) is 5.91 Å². The number of imide groups is 1. The molecule has 3 saturated heterocycles. The third-order valence-corrected chi connectivity index (χ3v) is 5.97. The molecule has 130 valence electrons. The van der Waals surface area contributed by atoms with Gasteiger partial charge in [-0.3, -0.25) is 19.6 Å². The highest BCUT2D eigenvalue weighted by molar-refractivity contribution is 5.99. The number of anilines is 1. The van der Waals surface area contributed by atoms with E-state index in [1.165, 1.54) is 25.7 Å². The first-order chi connectivity index (χ1) is 11.7. The second-order valence-corrected chi connectivity index (χ2v) is 7.38. The topological polar surface area (TPSA) is 79.3 Å². The number of aromatic nitrogens is 2. The molecule has 1 spiro atoms. The first-order valence-electron chi connectivity index (χ1n) is 8.99. The molecular formula is C17H25N5O2. The molecule has 0 radical (unpaired) electrons. The van der Waals surface area contributed by atoms with Gasteiger partial charge in [-0.15, -0.1) is 0 Å². The third kappa shape index (κ3) is 2.92. The van der Waals surface area contributed by atoms with E-state index < -0.39 is 0 Å². The zero-order valence-electron chi connectivity index (χ0n) is 14.0. The van der Waals surface area contributed by atoms with Gasteiger partial charge in [0.25, 0.3) is 5.91 Å². The van der Waals surface area contributed by atoms with Gasteiger partial charge in [0, 0.05) is 25.7 Å². The number of nitrogens with zero attached hydrogens (tertiary/aromatic N) is 3. The summed E-state index contributed by atoms with van der Waals surface area (Å²) in [4.78, 5) is 25.6. The van der Waals surface area contributed by atoms with E-state index in [0.717, 1.165) is 31.9 Å². The molecule has 1 aromatic heterocycles. The first kappa shape index (κ1) is 15.6. The molecule has 4 heterocycles. The highest BCUT2D eigenvalue weighted by atomic mass is 16.2. The normalized spacial score (nSPS) is 27.3. The quantitative estimate of drug-likeness (QED) is 0.785. The van der Waals surface area contributed by atoms with E-state index in [1.54, 1.807) is 4.68 Å². The van der Waals surface area contributed by atoms with E-state index in [0.29, 0.717) is 18.3 Å². The summed E-state index contributed by atoms with van der Waals surface area (Å²) in [6.45, 7) is 4.41. The number of carbonyl (C=O) groups is 2. The fourth-order valence-electron chi connectivity index (χ4n) is 4.29. The maximum Gasteiger partial charge on any atom is 0.251 e. The van der Waals surface area contributed by atoms with Gasteiger partial charge in [-0.05, 0) is 50.6 Å². The minimum absolute atomic E-state index is 0.188. The summed E-state index contributed by atoms with van der Waals surface area (Å²) in [6.07, 6.45) is 9.77. The van der Waals surface area contributed by atoms with Crippen LogP contribution in [-0.2, 0) is 9.59 Å². The average Bonchev–Trinajstić information content (AvgIpc) is 3.06. The van der Waals surface area contributed by atoms with Crippen LogP contribution >= 0.6 is 0 Å². The van der Waals surface area contributed by atoms with Crippen LogP contribution in [0.3, 0.4) is 0 Å². The van der Waals surface area contributed by atoms with Gasteiger partial charge in [-0.2, -0.15) is 5.10 Å². The molecule has 3 fully saturated rings. The Hall–Kier alpha value is -1.89. The molecule has 1 aromatic rings. The molecule has 1 atom stereocenters.